The standard InChI is InChI=1S/C56H92O6/c1-4-7-10-13-16-19-22-25-27-29-31-34-37-40-43-46-49-55(58)61-52-53(51-60-54(57)48-45-42-39-36-33-24-21-18-15-12-9-6-3)62-56(59)50-47-44-41-38-35-32-30-28-26-23-20-17-14-11-8-5-2/h7-12,16-21,25-28,53H,4-6,13-15,22-24,29-52H2,1-3H3/b10-7-,11-8-,12-9-,19-16-,20-17-,21-18-,27-25-,28-26-. The molecule has 0 aromatic carbocycles. The van der Waals surface area contributed by atoms with Crippen LogP contribution in [0.25, 0.3) is 0 Å². The summed E-state index contributed by atoms with van der Waals surface area (Å²) >= 11 is 0. The molecule has 0 aliphatic rings. The number of hydrogen-bond acceptors (Lipinski definition) is 6. The van der Waals surface area contributed by atoms with Crippen LogP contribution in [0, 0.1) is 0 Å². The second-order valence-corrected chi connectivity index (χ2v) is 16.3. The van der Waals surface area contributed by atoms with Gasteiger partial charge in [-0.1, -0.05) is 189 Å². The highest BCUT2D eigenvalue weighted by molar-refractivity contribution is 5.71. The van der Waals surface area contributed by atoms with E-state index in [0.717, 1.165) is 148 Å². The second-order valence-electron chi connectivity index (χ2n) is 16.3. The number of carbonyl (C=O) groups excluding carboxylic acids is 3. The quantitative estimate of drug-likeness (QED) is 0.0263. The maximum absolute atomic E-state index is 12.8. The number of esters is 3. The number of carbonyl (C=O) groups is 3. The Bertz CT molecular complexity index is 1260. The smallest absolute Gasteiger partial charge is 0.306 e. The molecule has 1 unspecified atom stereocenters. The number of unbranched alkanes of at least 4 members (excludes halogenated alkanes) is 17. The van der Waals surface area contributed by atoms with Gasteiger partial charge in [-0.2, -0.15) is 0 Å². The lowest BCUT2D eigenvalue weighted by molar-refractivity contribution is -0.167. The molecule has 0 aromatic rings. The first kappa shape index (κ1) is 58.3. The van der Waals surface area contributed by atoms with Gasteiger partial charge in [-0.25, -0.2) is 0 Å². The summed E-state index contributed by atoms with van der Waals surface area (Å²) in [5.74, 6) is -0.940. The summed E-state index contributed by atoms with van der Waals surface area (Å²) in [7, 11) is 0. The summed E-state index contributed by atoms with van der Waals surface area (Å²) in [6.45, 7) is 6.26. The zero-order valence-electron chi connectivity index (χ0n) is 40.1. The molecule has 6 nitrogen and oxygen atoms in total. The van der Waals surface area contributed by atoms with Gasteiger partial charge in [0.05, 0.1) is 0 Å². The Kier molecular flexibility index (Phi) is 47.0. The van der Waals surface area contributed by atoms with E-state index in [0.29, 0.717) is 19.3 Å². The molecule has 62 heavy (non-hydrogen) atoms. The number of hydrogen-bond donors (Lipinski definition) is 0. The highest BCUT2D eigenvalue weighted by Gasteiger charge is 2.19. The van der Waals surface area contributed by atoms with Crippen LogP contribution in [0.15, 0.2) is 97.2 Å². The number of rotatable bonds is 44. The Morgan fingerprint density at radius 2 is 0.581 bits per heavy atom. The maximum atomic E-state index is 12.8. The monoisotopic (exact) mass is 861 g/mol. The first-order chi connectivity index (χ1) is 30.5. The molecular formula is C56H92O6. The van der Waals surface area contributed by atoms with Crippen molar-refractivity contribution in [2.75, 3.05) is 13.2 Å². The maximum Gasteiger partial charge on any atom is 0.306 e. The van der Waals surface area contributed by atoms with Gasteiger partial charge in [0.25, 0.3) is 0 Å². The fraction of sp³-hybridized carbons (Fsp3) is 0.661. The van der Waals surface area contributed by atoms with Crippen LogP contribution < -0.4 is 0 Å². The topological polar surface area (TPSA) is 78.9 Å². The van der Waals surface area contributed by atoms with Crippen molar-refractivity contribution < 1.29 is 28.6 Å². The predicted octanol–water partition coefficient (Wildman–Crippen LogP) is 16.6. The molecule has 1 atom stereocenters. The van der Waals surface area contributed by atoms with Crippen molar-refractivity contribution in [3.8, 4) is 0 Å². The van der Waals surface area contributed by atoms with Gasteiger partial charge >= 0.3 is 17.9 Å². The average Bonchev–Trinajstić information content (AvgIpc) is 3.27. The van der Waals surface area contributed by atoms with Crippen molar-refractivity contribution in [1.29, 1.82) is 0 Å². The Morgan fingerprint density at radius 1 is 0.323 bits per heavy atom. The third-order valence-corrected chi connectivity index (χ3v) is 10.3. The van der Waals surface area contributed by atoms with E-state index in [1.54, 1.807) is 0 Å². The van der Waals surface area contributed by atoms with Crippen molar-refractivity contribution in [3.63, 3.8) is 0 Å². The van der Waals surface area contributed by atoms with Gasteiger partial charge in [-0.15, -0.1) is 0 Å². The lowest BCUT2D eigenvalue weighted by Gasteiger charge is -2.18. The molecule has 0 fully saturated rings. The fourth-order valence-corrected chi connectivity index (χ4v) is 6.62. The Balaban J connectivity index is 4.45. The van der Waals surface area contributed by atoms with Crippen molar-refractivity contribution in [2.45, 2.75) is 226 Å². The van der Waals surface area contributed by atoms with Gasteiger partial charge in [0.1, 0.15) is 13.2 Å². The SMILES string of the molecule is CC/C=C\C/C=C\C/C=C\CCCCCCCCC(=O)OCC(COC(=O)CCCCCCC/C=C\C/C=C\CC)OC(=O)CCCCCCCC/C=C\C/C=C\C/C=C\CC. The van der Waals surface area contributed by atoms with Crippen LogP contribution in [-0.4, -0.2) is 37.2 Å². The molecule has 0 saturated heterocycles. The van der Waals surface area contributed by atoms with Crippen LogP contribution in [-0.2, 0) is 28.6 Å². The minimum atomic E-state index is -0.796. The van der Waals surface area contributed by atoms with Crippen LogP contribution >= 0.6 is 0 Å². The molecule has 0 bridgehead atoms. The van der Waals surface area contributed by atoms with E-state index in [-0.39, 0.29) is 31.1 Å². The van der Waals surface area contributed by atoms with E-state index in [2.05, 4.69) is 118 Å². The molecule has 0 aliphatic carbocycles. The Labute approximate surface area is 381 Å². The summed E-state index contributed by atoms with van der Waals surface area (Å²) in [4.78, 5) is 38.0. The molecule has 352 valence electrons. The van der Waals surface area contributed by atoms with E-state index in [4.69, 9.17) is 14.2 Å². The molecule has 0 heterocycles. The van der Waals surface area contributed by atoms with Gasteiger partial charge < -0.3 is 14.2 Å². The van der Waals surface area contributed by atoms with Gasteiger partial charge in [-0.05, 0) is 109 Å². The molecule has 0 aliphatic heterocycles. The molecule has 0 N–H and O–H groups in total. The van der Waals surface area contributed by atoms with Crippen molar-refractivity contribution in [2.24, 2.45) is 0 Å². The molecule has 0 radical (unpaired) electrons. The van der Waals surface area contributed by atoms with E-state index >= 15 is 0 Å². The molecule has 0 saturated carbocycles. The molecular weight excluding hydrogens is 769 g/mol. The second kappa shape index (κ2) is 50.0. The van der Waals surface area contributed by atoms with E-state index in [1.165, 1.54) is 32.1 Å². The van der Waals surface area contributed by atoms with E-state index < -0.39 is 6.10 Å². The Hall–Kier alpha value is -3.67. The predicted molar refractivity (Wildman–Crippen MR) is 265 cm³/mol. The third-order valence-electron chi connectivity index (χ3n) is 10.3. The van der Waals surface area contributed by atoms with Gasteiger partial charge in [0.15, 0.2) is 6.10 Å². The van der Waals surface area contributed by atoms with Crippen LogP contribution in [0.3, 0.4) is 0 Å². The first-order valence-corrected chi connectivity index (χ1v) is 25.2. The van der Waals surface area contributed by atoms with Gasteiger partial charge in [0.2, 0.25) is 0 Å². The van der Waals surface area contributed by atoms with Gasteiger partial charge in [-0.3, -0.25) is 14.4 Å². The molecule has 0 amide bonds. The molecule has 0 aromatic heterocycles. The largest absolute Gasteiger partial charge is 0.462 e. The summed E-state index contributed by atoms with van der Waals surface area (Å²) < 4.78 is 16.8. The van der Waals surface area contributed by atoms with Crippen LogP contribution in [0.1, 0.15) is 220 Å². The lowest BCUT2D eigenvalue weighted by atomic mass is 10.1. The highest BCUT2D eigenvalue weighted by Crippen LogP contribution is 2.13. The lowest BCUT2D eigenvalue weighted by Crippen LogP contribution is -2.30. The minimum Gasteiger partial charge on any atom is -0.462 e. The zero-order chi connectivity index (χ0) is 45.1. The fourth-order valence-electron chi connectivity index (χ4n) is 6.62. The van der Waals surface area contributed by atoms with E-state index in [9.17, 15) is 14.4 Å². The van der Waals surface area contributed by atoms with Crippen molar-refractivity contribution in [3.05, 3.63) is 97.2 Å². The molecule has 0 spiro atoms. The summed E-state index contributed by atoms with van der Waals surface area (Å²) in [5.41, 5.74) is 0. The summed E-state index contributed by atoms with van der Waals surface area (Å²) in [6.07, 6.45) is 65.3. The number of allylic oxidation sites excluding steroid dienone is 16. The molecule has 0 rings (SSSR count). The third kappa shape index (κ3) is 47.4. The van der Waals surface area contributed by atoms with Crippen molar-refractivity contribution in [1.82, 2.24) is 0 Å². The summed E-state index contributed by atoms with van der Waals surface area (Å²) in [5, 5.41) is 0. The van der Waals surface area contributed by atoms with Crippen LogP contribution in [0.2, 0.25) is 0 Å². The highest BCUT2D eigenvalue weighted by atomic mass is 16.6. The van der Waals surface area contributed by atoms with Gasteiger partial charge in [0, 0.05) is 19.3 Å². The zero-order valence-corrected chi connectivity index (χ0v) is 40.1. The summed E-state index contributed by atoms with van der Waals surface area (Å²) in [6, 6.07) is 0. The average molecular weight is 861 g/mol. The molecule has 6 heteroatoms. The van der Waals surface area contributed by atoms with Crippen LogP contribution in [0.5, 0.6) is 0 Å². The van der Waals surface area contributed by atoms with E-state index in [1.807, 2.05) is 0 Å². The Morgan fingerprint density at radius 3 is 0.903 bits per heavy atom. The first-order valence-electron chi connectivity index (χ1n) is 25.2. The van der Waals surface area contributed by atoms with Crippen molar-refractivity contribution >= 4 is 17.9 Å². The normalized spacial score (nSPS) is 12.9. The number of ether oxygens (including phenoxy) is 3. The van der Waals surface area contributed by atoms with Crippen LogP contribution in [0.4, 0.5) is 0 Å². The minimum absolute atomic E-state index is 0.0958.